The minimum atomic E-state index is -4.94. The molecule has 0 aliphatic rings. The molecule has 0 atom stereocenters. The molecule has 0 fully saturated rings. The van der Waals surface area contributed by atoms with Gasteiger partial charge in [0.15, 0.2) is 12.4 Å². The van der Waals surface area contributed by atoms with Gasteiger partial charge in [0.1, 0.15) is 13.1 Å². The van der Waals surface area contributed by atoms with Gasteiger partial charge in [0.05, 0.1) is 12.4 Å². The molecule has 4 heterocycles. The van der Waals surface area contributed by atoms with Crippen LogP contribution in [0.25, 0.3) is 22.8 Å². The predicted molar refractivity (Wildman–Crippen MR) is 111 cm³/mol. The van der Waals surface area contributed by atoms with Gasteiger partial charge < -0.3 is 0 Å². The maximum Gasteiger partial charge on any atom is 1.00 e. The predicted octanol–water partition coefficient (Wildman–Crippen LogP) is -5.78. The summed E-state index contributed by atoms with van der Waals surface area (Å²) in [4.78, 5) is 6.53. The average molecular weight is 519 g/mol. The first-order chi connectivity index (χ1) is 16.8. The van der Waals surface area contributed by atoms with Gasteiger partial charge >= 0.3 is 29.6 Å². The van der Waals surface area contributed by atoms with E-state index in [9.17, 15) is 0 Å². The van der Waals surface area contributed by atoms with Gasteiger partial charge in [-0.05, 0) is 23.3 Å². The molecule has 10 nitrogen and oxygen atoms in total. The molecular formula is C24H24ClN6NaO4+4. The zero-order valence-electron chi connectivity index (χ0n) is 19.6. The van der Waals surface area contributed by atoms with Gasteiger partial charge in [0.2, 0.25) is 0 Å². The number of rotatable bonds is 6. The number of nitrogens with zero attached hydrogens (tertiary/aromatic N) is 2. The molecule has 0 aliphatic carbocycles. The maximum atomic E-state index is 8.49. The van der Waals surface area contributed by atoms with Crippen LogP contribution in [-0.4, -0.2) is 9.36 Å². The Labute approximate surface area is 231 Å². The van der Waals surface area contributed by atoms with E-state index >= 15 is 0 Å². The average Bonchev–Trinajstić information content (AvgIpc) is 3.50. The molecule has 5 aromatic rings. The van der Waals surface area contributed by atoms with Crippen LogP contribution in [0.1, 0.15) is 11.1 Å². The molecule has 0 saturated heterocycles. The van der Waals surface area contributed by atoms with Gasteiger partial charge in [-0.15, -0.1) is 20.4 Å². The molecule has 0 radical (unpaired) electrons. The Morgan fingerprint density at radius 1 is 0.556 bits per heavy atom. The Kier molecular flexibility index (Phi) is 9.88. The van der Waals surface area contributed by atoms with Crippen molar-refractivity contribution >= 4 is 0 Å². The first-order valence-corrected chi connectivity index (χ1v) is 11.9. The number of halogens is 1. The van der Waals surface area contributed by atoms with E-state index in [2.05, 4.69) is 90.5 Å². The Hall–Kier alpha value is -2.93. The number of pyridine rings is 2. The van der Waals surface area contributed by atoms with E-state index in [1.54, 1.807) is 0 Å². The van der Waals surface area contributed by atoms with Crippen LogP contribution in [0, 0.1) is 10.2 Å². The van der Waals surface area contributed by atoms with E-state index < -0.39 is 10.2 Å². The van der Waals surface area contributed by atoms with Gasteiger partial charge in [-0.2, -0.15) is 9.36 Å². The number of hydrogen-bond donors (Lipinski definition) is 0. The normalized spacial score (nSPS) is 10.8. The van der Waals surface area contributed by atoms with Crippen LogP contribution in [-0.2, 0) is 13.1 Å². The zero-order valence-corrected chi connectivity index (χ0v) is 22.3. The van der Waals surface area contributed by atoms with Crippen molar-refractivity contribution in [1.29, 1.82) is 0 Å². The molecule has 0 unspecified atom stereocenters. The van der Waals surface area contributed by atoms with Crippen molar-refractivity contribution in [3.05, 3.63) is 109 Å². The molecule has 1 aromatic carbocycles. The SMILES string of the molecule is [Na+].[O-][Cl+3]([O-])([O-])[O-].c1ccc(-c2ccn(Cc3ccccc3Cn3ccc(-c4cccc[nH+]4)[nH+]3)[nH+]2)[nH+]c1. The minimum Gasteiger partial charge on any atom is -0.222 e. The molecule has 0 spiro atoms. The fourth-order valence-electron chi connectivity index (χ4n) is 3.63. The summed E-state index contributed by atoms with van der Waals surface area (Å²) in [6.07, 6.45) is 8.03. The van der Waals surface area contributed by atoms with E-state index in [4.69, 9.17) is 18.6 Å². The van der Waals surface area contributed by atoms with Crippen LogP contribution >= 0.6 is 0 Å². The molecule has 36 heavy (non-hydrogen) atoms. The second-order valence-electron chi connectivity index (χ2n) is 7.64. The Bertz CT molecular complexity index is 1260. The molecular weight excluding hydrogens is 495 g/mol. The molecule has 4 aromatic heterocycles. The smallest absolute Gasteiger partial charge is 0.222 e. The second-order valence-corrected chi connectivity index (χ2v) is 8.39. The molecule has 0 saturated carbocycles. The molecule has 4 N–H and O–H groups in total. The standard InChI is InChI=1S/C24H20N6.ClHO4.Na/c1-2-8-20(18-30-16-12-24(28-30)22-10-4-6-14-26-22)19(7-1)17-29-15-11-23(27-29)21-9-3-5-13-25-21;2-1(3,4)5;/h1-16H,17-18H2;(H,2,3,4,5);/q;;+1/p+3. The van der Waals surface area contributed by atoms with E-state index in [0.717, 1.165) is 35.9 Å². The minimum absolute atomic E-state index is 0. The van der Waals surface area contributed by atoms with Crippen LogP contribution in [0.15, 0.2) is 97.6 Å². The quantitative estimate of drug-likeness (QED) is 0.205. The van der Waals surface area contributed by atoms with Gasteiger partial charge in [-0.3, -0.25) is 0 Å². The van der Waals surface area contributed by atoms with E-state index in [-0.39, 0.29) is 29.6 Å². The largest absolute Gasteiger partial charge is 1.00 e. The zero-order chi connectivity index (χ0) is 24.7. The Balaban J connectivity index is 0.000000551. The third-order valence-electron chi connectivity index (χ3n) is 5.17. The van der Waals surface area contributed by atoms with Gasteiger partial charge in [0, 0.05) is 36.4 Å². The topological polar surface area (TPSA) is 159 Å². The molecule has 0 aliphatic heterocycles. The van der Waals surface area contributed by atoms with E-state index in [0.29, 0.717) is 0 Å². The third kappa shape index (κ3) is 8.33. The van der Waals surface area contributed by atoms with Crippen molar-refractivity contribution in [2.45, 2.75) is 13.1 Å². The summed E-state index contributed by atoms with van der Waals surface area (Å²) >= 11 is 0. The molecule has 0 amide bonds. The summed E-state index contributed by atoms with van der Waals surface area (Å²) in [5, 5.41) is 6.92. The molecule has 5 rings (SSSR count). The van der Waals surface area contributed by atoms with Crippen molar-refractivity contribution in [1.82, 2.24) is 9.36 Å². The summed E-state index contributed by atoms with van der Waals surface area (Å²) in [5.74, 6) is 0. The van der Waals surface area contributed by atoms with Gasteiger partial charge in [-0.1, -0.05) is 24.3 Å². The molecule has 0 bridgehead atoms. The van der Waals surface area contributed by atoms with E-state index in [1.807, 2.05) is 36.7 Å². The summed E-state index contributed by atoms with van der Waals surface area (Å²) in [6, 6.07) is 24.9. The number of nitrogens with one attached hydrogen (secondary N) is 4. The van der Waals surface area contributed by atoms with Crippen LogP contribution in [0.3, 0.4) is 0 Å². The number of benzene rings is 1. The van der Waals surface area contributed by atoms with Gasteiger partial charge in [-0.25, -0.2) is 28.6 Å². The van der Waals surface area contributed by atoms with Crippen molar-refractivity contribution in [2.24, 2.45) is 0 Å². The first kappa shape index (κ1) is 27.7. The third-order valence-corrected chi connectivity index (χ3v) is 5.17. The summed E-state index contributed by atoms with van der Waals surface area (Å²) in [6.45, 7) is 1.56. The fourth-order valence-corrected chi connectivity index (χ4v) is 3.63. The van der Waals surface area contributed by atoms with Crippen molar-refractivity contribution in [3.8, 4) is 22.8 Å². The second kappa shape index (κ2) is 12.9. The Morgan fingerprint density at radius 3 is 1.31 bits per heavy atom. The fraction of sp³-hybridized carbons (Fsp3) is 0.0833. The molecule has 12 heteroatoms. The van der Waals surface area contributed by atoms with Crippen LogP contribution in [0.4, 0.5) is 0 Å². The summed E-state index contributed by atoms with van der Waals surface area (Å²) < 4.78 is 38.2. The monoisotopic (exact) mass is 518 g/mol. The number of aromatic amines is 4. The maximum absolute atomic E-state index is 8.49. The van der Waals surface area contributed by atoms with Crippen molar-refractivity contribution in [2.75, 3.05) is 0 Å². The number of aromatic nitrogens is 6. The summed E-state index contributed by atoms with van der Waals surface area (Å²) in [5.41, 5.74) is 6.82. The van der Waals surface area contributed by atoms with Crippen molar-refractivity contribution < 1.29 is 78.6 Å². The number of H-pyrrole nitrogens is 4. The number of hydrogen-bond acceptors (Lipinski definition) is 4. The van der Waals surface area contributed by atoms with E-state index in [1.165, 1.54) is 11.1 Å². The van der Waals surface area contributed by atoms with Crippen LogP contribution in [0.5, 0.6) is 0 Å². The van der Waals surface area contributed by atoms with Crippen molar-refractivity contribution in [3.63, 3.8) is 0 Å². The Morgan fingerprint density at radius 2 is 0.944 bits per heavy atom. The van der Waals surface area contributed by atoms with Crippen LogP contribution < -0.4 is 68.4 Å². The summed E-state index contributed by atoms with van der Waals surface area (Å²) in [7, 11) is -4.94. The van der Waals surface area contributed by atoms with Crippen LogP contribution in [0.2, 0.25) is 0 Å². The molecule has 178 valence electrons. The first-order valence-electron chi connectivity index (χ1n) is 10.6. The van der Waals surface area contributed by atoms with Gasteiger partial charge in [0.25, 0.3) is 22.8 Å².